The van der Waals surface area contributed by atoms with Crippen molar-refractivity contribution in [3.05, 3.63) is 71.0 Å². The van der Waals surface area contributed by atoms with Gasteiger partial charge in [-0.2, -0.15) is 0 Å². The minimum Gasteiger partial charge on any atom is -0.465 e. The average Bonchev–Trinajstić information content (AvgIpc) is 2.45. The SMILES string of the molecule is COC(=O)c1ccccc1/C=C/c1cccc(F)c1. The first-order chi connectivity index (χ1) is 9.20. The normalized spacial score (nSPS) is 10.6. The van der Waals surface area contributed by atoms with Gasteiger partial charge in [0.15, 0.2) is 0 Å². The third kappa shape index (κ3) is 3.28. The van der Waals surface area contributed by atoms with Crippen LogP contribution in [0.2, 0.25) is 0 Å². The number of halogens is 1. The van der Waals surface area contributed by atoms with E-state index in [0.29, 0.717) is 5.56 Å². The van der Waals surface area contributed by atoms with Crippen LogP contribution in [0.25, 0.3) is 12.2 Å². The molecule has 0 spiro atoms. The highest BCUT2D eigenvalue weighted by molar-refractivity contribution is 5.94. The standard InChI is InChI=1S/C16H13FO2/c1-19-16(18)15-8-3-2-6-13(15)10-9-12-5-4-7-14(17)11-12/h2-11H,1H3/b10-9+. The van der Waals surface area contributed by atoms with Crippen molar-refractivity contribution in [3.63, 3.8) is 0 Å². The summed E-state index contributed by atoms with van der Waals surface area (Å²) in [4.78, 5) is 11.6. The zero-order chi connectivity index (χ0) is 13.7. The van der Waals surface area contributed by atoms with Crippen LogP contribution in [-0.4, -0.2) is 13.1 Å². The predicted molar refractivity (Wildman–Crippen MR) is 73.1 cm³/mol. The molecule has 2 aromatic carbocycles. The second kappa shape index (κ2) is 5.96. The van der Waals surface area contributed by atoms with E-state index in [2.05, 4.69) is 0 Å². The summed E-state index contributed by atoms with van der Waals surface area (Å²) in [5, 5.41) is 0. The fourth-order valence-corrected chi connectivity index (χ4v) is 1.73. The molecule has 0 N–H and O–H groups in total. The minimum atomic E-state index is -0.389. The molecule has 19 heavy (non-hydrogen) atoms. The largest absolute Gasteiger partial charge is 0.465 e. The van der Waals surface area contributed by atoms with Gasteiger partial charge >= 0.3 is 5.97 Å². The summed E-state index contributed by atoms with van der Waals surface area (Å²) in [7, 11) is 1.34. The molecule has 2 nitrogen and oxygen atoms in total. The number of hydrogen-bond donors (Lipinski definition) is 0. The number of rotatable bonds is 3. The van der Waals surface area contributed by atoms with Crippen LogP contribution in [0, 0.1) is 5.82 Å². The van der Waals surface area contributed by atoms with Crippen molar-refractivity contribution in [1.82, 2.24) is 0 Å². The minimum absolute atomic E-state index is 0.289. The molecule has 0 amide bonds. The van der Waals surface area contributed by atoms with Crippen molar-refractivity contribution < 1.29 is 13.9 Å². The number of methoxy groups -OCH3 is 1. The van der Waals surface area contributed by atoms with Gasteiger partial charge in [0.2, 0.25) is 0 Å². The maximum Gasteiger partial charge on any atom is 0.338 e. The van der Waals surface area contributed by atoms with Crippen molar-refractivity contribution in [1.29, 1.82) is 0 Å². The molecule has 0 fully saturated rings. The highest BCUT2D eigenvalue weighted by Crippen LogP contribution is 2.14. The van der Waals surface area contributed by atoms with Crippen LogP contribution in [0.15, 0.2) is 48.5 Å². The lowest BCUT2D eigenvalue weighted by atomic mass is 10.1. The molecule has 0 aliphatic rings. The lowest BCUT2D eigenvalue weighted by Crippen LogP contribution is -2.02. The van der Waals surface area contributed by atoms with Crippen LogP contribution in [0.5, 0.6) is 0 Å². The Labute approximate surface area is 111 Å². The van der Waals surface area contributed by atoms with Crippen molar-refractivity contribution in [3.8, 4) is 0 Å². The van der Waals surface area contributed by atoms with Gasteiger partial charge in [-0.1, -0.05) is 42.5 Å². The van der Waals surface area contributed by atoms with E-state index in [1.165, 1.54) is 19.2 Å². The predicted octanol–water partition coefficient (Wildman–Crippen LogP) is 3.78. The van der Waals surface area contributed by atoms with Crippen LogP contribution < -0.4 is 0 Å². The first kappa shape index (κ1) is 13.0. The molecule has 0 heterocycles. The molecule has 0 aliphatic carbocycles. The third-order valence-electron chi connectivity index (χ3n) is 2.67. The van der Waals surface area contributed by atoms with E-state index in [1.807, 2.05) is 12.1 Å². The summed E-state index contributed by atoms with van der Waals surface area (Å²) in [6.45, 7) is 0. The lowest BCUT2D eigenvalue weighted by Gasteiger charge is -2.03. The molecule has 0 aromatic heterocycles. The van der Waals surface area contributed by atoms with Gasteiger partial charge in [0.1, 0.15) is 5.82 Å². The molecule has 0 saturated heterocycles. The highest BCUT2D eigenvalue weighted by atomic mass is 19.1. The number of hydrogen-bond acceptors (Lipinski definition) is 2. The van der Waals surface area contributed by atoms with Gasteiger partial charge in [0, 0.05) is 0 Å². The first-order valence-corrected chi connectivity index (χ1v) is 5.81. The molecule has 0 atom stereocenters. The number of esters is 1. The second-order valence-electron chi connectivity index (χ2n) is 3.97. The Morgan fingerprint density at radius 3 is 2.63 bits per heavy atom. The number of benzene rings is 2. The Kier molecular flexibility index (Phi) is 4.08. The molecule has 3 heteroatoms. The zero-order valence-corrected chi connectivity index (χ0v) is 10.5. The Morgan fingerprint density at radius 1 is 1.11 bits per heavy atom. The van der Waals surface area contributed by atoms with Crippen LogP contribution >= 0.6 is 0 Å². The molecule has 0 saturated carbocycles. The summed E-state index contributed by atoms with van der Waals surface area (Å²) in [5.74, 6) is -0.678. The smallest absolute Gasteiger partial charge is 0.338 e. The molecular weight excluding hydrogens is 243 g/mol. The fraction of sp³-hybridized carbons (Fsp3) is 0.0625. The van der Waals surface area contributed by atoms with E-state index in [9.17, 15) is 9.18 Å². The van der Waals surface area contributed by atoms with E-state index in [-0.39, 0.29) is 11.8 Å². The van der Waals surface area contributed by atoms with Gasteiger partial charge in [-0.25, -0.2) is 9.18 Å². The van der Waals surface area contributed by atoms with Gasteiger partial charge in [-0.05, 0) is 29.3 Å². The summed E-state index contributed by atoms with van der Waals surface area (Å²) in [5.41, 5.74) is 1.95. The quantitative estimate of drug-likeness (QED) is 0.617. The average molecular weight is 256 g/mol. The number of carbonyl (C=O) groups excluding carboxylic acids is 1. The van der Waals surface area contributed by atoms with Gasteiger partial charge in [-0.3, -0.25) is 0 Å². The molecule has 96 valence electrons. The fourth-order valence-electron chi connectivity index (χ4n) is 1.73. The Bertz CT molecular complexity index is 618. The first-order valence-electron chi connectivity index (χ1n) is 5.81. The topological polar surface area (TPSA) is 26.3 Å². The third-order valence-corrected chi connectivity index (χ3v) is 2.67. The molecule has 2 aromatic rings. The van der Waals surface area contributed by atoms with Gasteiger partial charge in [0.25, 0.3) is 0 Å². The molecule has 0 radical (unpaired) electrons. The van der Waals surface area contributed by atoms with E-state index in [1.54, 1.807) is 36.4 Å². The maximum absolute atomic E-state index is 13.0. The second-order valence-corrected chi connectivity index (χ2v) is 3.97. The molecule has 2 rings (SSSR count). The van der Waals surface area contributed by atoms with Gasteiger partial charge < -0.3 is 4.74 Å². The summed E-state index contributed by atoms with van der Waals surface area (Å²) in [6.07, 6.45) is 3.52. The van der Waals surface area contributed by atoms with E-state index in [4.69, 9.17) is 4.74 Å². The molecule has 0 bridgehead atoms. The lowest BCUT2D eigenvalue weighted by molar-refractivity contribution is 0.0600. The van der Waals surface area contributed by atoms with E-state index < -0.39 is 0 Å². The van der Waals surface area contributed by atoms with Crippen LogP contribution in [0.3, 0.4) is 0 Å². The monoisotopic (exact) mass is 256 g/mol. The number of ether oxygens (including phenoxy) is 1. The Hall–Kier alpha value is -2.42. The van der Waals surface area contributed by atoms with E-state index in [0.717, 1.165) is 11.1 Å². The Morgan fingerprint density at radius 2 is 1.89 bits per heavy atom. The Balaban J connectivity index is 2.31. The van der Waals surface area contributed by atoms with Crippen molar-refractivity contribution in [2.75, 3.05) is 7.11 Å². The summed E-state index contributed by atoms with van der Waals surface area (Å²) < 4.78 is 17.8. The molecule has 0 aliphatic heterocycles. The van der Waals surface area contributed by atoms with Crippen LogP contribution in [0.4, 0.5) is 4.39 Å². The van der Waals surface area contributed by atoms with Crippen LogP contribution in [-0.2, 0) is 4.74 Å². The molecular formula is C16H13FO2. The van der Waals surface area contributed by atoms with E-state index >= 15 is 0 Å². The summed E-state index contributed by atoms with van der Waals surface area (Å²) in [6, 6.07) is 13.3. The maximum atomic E-state index is 13.0. The van der Waals surface area contributed by atoms with Crippen molar-refractivity contribution >= 4 is 18.1 Å². The molecule has 0 unspecified atom stereocenters. The van der Waals surface area contributed by atoms with Crippen LogP contribution in [0.1, 0.15) is 21.5 Å². The number of carbonyl (C=O) groups is 1. The van der Waals surface area contributed by atoms with Crippen molar-refractivity contribution in [2.45, 2.75) is 0 Å². The highest BCUT2D eigenvalue weighted by Gasteiger charge is 2.08. The summed E-state index contributed by atoms with van der Waals surface area (Å²) >= 11 is 0. The van der Waals surface area contributed by atoms with Gasteiger partial charge in [-0.15, -0.1) is 0 Å². The zero-order valence-electron chi connectivity index (χ0n) is 10.5. The van der Waals surface area contributed by atoms with Gasteiger partial charge in [0.05, 0.1) is 12.7 Å². The van der Waals surface area contributed by atoms with Crippen molar-refractivity contribution in [2.24, 2.45) is 0 Å².